The zero-order chi connectivity index (χ0) is 11.0. The van der Waals surface area contributed by atoms with Crippen molar-refractivity contribution in [1.82, 2.24) is 0 Å². The summed E-state index contributed by atoms with van der Waals surface area (Å²) in [6.07, 6.45) is 8.83. The lowest BCUT2D eigenvalue weighted by Gasteiger charge is -2.19. The topological polar surface area (TPSA) is 41.8 Å². The van der Waals surface area contributed by atoms with Crippen LogP contribution in [0.25, 0.3) is 0 Å². The maximum atomic E-state index is 10.9. The molecular weight excluding hydrogens is 200 g/mol. The molecule has 3 nitrogen and oxygen atoms in total. The molecule has 0 amide bonds. The van der Waals surface area contributed by atoms with Crippen molar-refractivity contribution in [3.8, 4) is 0 Å². The number of aldehydes is 1. The Hall–Kier alpha value is -2.03. The molecule has 0 fully saturated rings. The van der Waals surface area contributed by atoms with E-state index in [4.69, 9.17) is 0 Å². The molecule has 78 valence electrons. The monoisotopic (exact) mass is 210 g/mol. The zero-order valence-electron chi connectivity index (χ0n) is 8.58. The van der Waals surface area contributed by atoms with Gasteiger partial charge in [0.25, 0.3) is 0 Å². The zero-order valence-corrected chi connectivity index (χ0v) is 8.58. The van der Waals surface area contributed by atoms with E-state index in [0.717, 1.165) is 17.0 Å². The molecule has 0 bridgehead atoms. The number of hydrogen-bond acceptors (Lipinski definition) is 3. The van der Waals surface area contributed by atoms with Crippen molar-refractivity contribution >= 4 is 6.29 Å². The molecule has 1 heterocycles. The van der Waals surface area contributed by atoms with Gasteiger partial charge in [-0.05, 0) is 12.1 Å². The second-order valence-corrected chi connectivity index (χ2v) is 3.84. The molecular formula is C13H10N2O. The van der Waals surface area contributed by atoms with Crippen LogP contribution in [0.1, 0.15) is 10.4 Å². The van der Waals surface area contributed by atoms with Crippen molar-refractivity contribution in [1.29, 1.82) is 0 Å². The number of carbonyl (C=O) groups excluding carboxylic acids is 1. The van der Waals surface area contributed by atoms with Crippen molar-refractivity contribution in [2.75, 3.05) is 0 Å². The third-order valence-electron chi connectivity index (χ3n) is 2.82. The number of fused-ring (bicyclic) bond motifs is 2. The first kappa shape index (κ1) is 9.21. The molecule has 1 aliphatic heterocycles. The Morgan fingerprint density at radius 2 is 1.81 bits per heavy atom. The number of benzene rings is 1. The predicted octanol–water partition coefficient (Wildman–Crippen LogP) is 0.615. The van der Waals surface area contributed by atoms with E-state index in [9.17, 15) is 4.79 Å². The minimum Gasteiger partial charge on any atom is -0.298 e. The van der Waals surface area contributed by atoms with Gasteiger partial charge in [-0.1, -0.05) is 30.4 Å². The van der Waals surface area contributed by atoms with Gasteiger partial charge in [0.1, 0.15) is 0 Å². The average Bonchev–Trinajstić information content (AvgIpc) is 2.35. The lowest BCUT2D eigenvalue weighted by Crippen LogP contribution is -2.40. The third-order valence-corrected chi connectivity index (χ3v) is 2.82. The SMILES string of the molecule is O=Cc1cccc2c1=NC1C=CC=CC1N=2. The summed E-state index contributed by atoms with van der Waals surface area (Å²) in [4.78, 5) is 20.1. The van der Waals surface area contributed by atoms with Crippen molar-refractivity contribution in [3.05, 3.63) is 58.8 Å². The van der Waals surface area contributed by atoms with Crippen LogP contribution in [-0.4, -0.2) is 18.4 Å². The standard InChI is InChI=1S/C13H10N2O/c16-8-9-4-3-7-12-13(9)15-11-6-2-1-5-10(11)14-12/h1-8,10-11H. The van der Waals surface area contributed by atoms with E-state index < -0.39 is 0 Å². The second-order valence-electron chi connectivity index (χ2n) is 3.84. The Morgan fingerprint density at radius 3 is 2.56 bits per heavy atom. The summed E-state index contributed by atoms with van der Waals surface area (Å²) in [5.74, 6) is 0. The number of hydrogen-bond donors (Lipinski definition) is 0. The lowest BCUT2D eigenvalue weighted by molar-refractivity contribution is 0.112. The van der Waals surface area contributed by atoms with Crippen molar-refractivity contribution < 1.29 is 4.79 Å². The molecule has 3 rings (SSSR count). The quantitative estimate of drug-likeness (QED) is 0.626. The Bertz CT molecular complexity index is 613. The van der Waals surface area contributed by atoms with E-state index in [-0.39, 0.29) is 12.1 Å². The van der Waals surface area contributed by atoms with Crippen LogP contribution in [0.2, 0.25) is 0 Å². The van der Waals surface area contributed by atoms with Gasteiger partial charge in [0, 0.05) is 5.56 Å². The van der Waals surface area contributed by atoms with Crippen LogP contribution < -0.4 is 10.7 Å². The summed E-state index contributed by atoms with van der Waals surface area (Å²) in [5.41, 5.74) is 0.614. The fraction of sp³-hybridized carbons (Fsp3) is 0.154. The molecule has 2 unspecified atom stereocenters. The van der Waals surface area contributed by atoms with Crippen molar-refractivity contribution in [3.63, 3.8) is 0 Å². The van der Waals surface area contributed by atoms with Gasteiger partial charge in [0.05, 0.1) is 22.8 Å². The highest BCUT2D eigenvalue weighted by molar-refractivity contribution is 5.74. The van der Waals surface area contributed by atoms with Crippen molar-refractivity contribution in [2.45, 2.75) is 12.1 Å². The molecule has 0 N–H and O–H groups in total. The maximum absolute atomic E-state index is 10.9. The summed E-state index contributed by atoms with van der Waals surface area (Å²) < 4.78 is 0. The summed E-state index contributed by atoms with van der Waals surface area (Å²) in [6, 6.07) is 5.63. The van der Waals surface area contributed by atoms with Crippen LogP contribution in [0.4, 0.5) is 0 Å². The smallest absolute Gasteiger partial charge is 0.152 e. The van der Waals surface area contributed by atoms with E-state index in [2.05, 4.69) is 9.98 Å². The minimum atomic E-state index is 0.0404. The molecule has 0 radical (unpaired) electrons. The largest absolute Gasteiger partial charge is 0.298 e. The van der Waals surface area contributed by atoms with Crippen LogP contribution in [-0.2, 0) is 0 Å². The molecule has 0 aromatic heterocycles. The van der Waals surface area contributed by atoms with Gasteiger partial charge in [-0.15, -0.1) is 0 Å². The highest BCUT2D eigenvalue weighted by Crippen LogP contribution is 2.12. The van der Waals surface area contributed by atoms with Crippen LogP contribution in [0, 0.1) is 0 Å². The van der Waals surface area contributed by atoms with Gasteiger partial charge in [-0.3, -0.25) is 14.8 Å². The Kier molecular flexibility index (Phi) is 2.03. The molecule has 0 saturated heterocycles. The third kappa shape index (κ3) is 1.33. The fourth-order valence-corrected chi connectivity index (χ4v) is 2.02. The minimum absolute atomic E-state index is 0.0404. The molecule has 16 heavy (non-hydrogen) atoms. The van der Waals surface area contributed by atoms with Crippen LogP contribution in [0.5, 0.6) is 0 Å². The van der Waals surface area contributed by atoms with Gasteiger partial charge in [-0.2, -0.15) is 0 Å². The average molecular weight is 210 g/mol. The normalized spacial score (nSPS) is 25.0. The lowest BCUT2D eigenvalue weighted by atomic mass is 10.0. The molecule has 2 atom stereocenters. The van der Waals surface area contributed by atoms with Crippen LogP contribution >= 0.6 is 0 Å². The number of rotatable bonds is 1. The molecule has 0 saturated carbocycles. The predicted molar refractivity (Wildman–Crippen MR) is 60.0 cm³/mol. The van der Waals surface area contributed by atoms with E-state index in [1.54, 1.807) is 6.07 Å². The first-order valence-corrected chi connectivity index (χ1v) is 5.23. The van der Waals surface area contributed by atoms with E-state index in [0.29, 0.717) is 5.56 Å². The Labute approximate surface area is 92.5 Å². The molecule has 3 heteroatoms. The summed E-state index contributed by atoms with van der Waals surface area (Å²) in [5, 5.41) is 1.53. The number of para-hydroxylation sites is 1. The molecule has 2 aliphatic rings. The van der Waals surface area contributed by atoms with Crippen molar-refractivity contribution in [2.24, 2.45) is 9.98 Å². The van der Waals surface area contributed by atoms with Gasteiger partial charge in [0.2, 0.25) is 0 Å². The molecule has 1 aromatic rings. The molecule has 1 aliphatic carbocycles. The maximum Gasteiger partial charge on any atom is 0.152 e. The second kappa shape index (κ2) is 3.52. The fourth-order valence-electron chi connectivity index (χ4n) is 2.02. The first-order valence-electron chi connectivity index (χ1n) is 5.23. The van der Waals surface area contributed by atoms with E-state index in [1.165, 1.54) is 0 Å². The Morgan fingerprint density at radius 1 is 1.06 bits per heavy atom. The Balaban J connectivity index is 2.30. The van der Waals surface area contributed by atoms with Gasteiger partial charge < -0.3 is 0 Å². The first-order chi connectivity index (χ1) is 7.88. The van der Waals surface area contributed by atoms with Gasteiger partial charge in [0.15, 0.2) is 6.29 Å². The van der Waals surface area contributed by atoms with Crippen LogP contribution in [0.3, 0.4) is 0 Å². The number of allylic oxidation sites excluding steroid dienone is 2. The van der Waals surface area contributed by atoms with Gasteiger partial charge in [-0.25, -0.2) is 0 Å². The highest BCUT2D eigenvalue weighted by Gasteiger charge is 2.19. The highest BCUT2D eigenvalue weighted by atomic mass is 16.1. The molecule has 1 aromatic carbocycles. The number of nitrogens with zero attached hydrogens (tertiary/aromatic N) is 2. The summed E-state index contributed by atoms with van der Waals surface area (Å²) >= 11 is 0. The molecule has 0 spiro atoms. The summed E-state index contributed by atoms with van der Waals surface area (Å²) in [6.45, 7) is 0. The van der Waals surface area contributed by atoms with Gasteiger partial charge >= 0.3 is 0 Å². The number of carbonyl (C=O) groups is 1. The van der Waals surface area contributed by atoms with E-state index >= 15 is 0 Å². The van der Waals surface area contributed by atoms with E-state index in [1.807, 2.05) is 36.4 Å². The van der Waals surface area contributed by atoms with Crippen LogP contribution in [0.15, 0.2) is 52.5 Å². The summed E-state index contributed by atoms with van der Waals surface area (Å²) in [7, 11) is 0.